The maximum atomic E-state index is 12.0. The van der Waals surface area contributed by atoms with E-state index < -0.39 is 0 Å². The molecule has 1 aromatic rings. The summed E-state index contributed by atoms with van der Waals surface area (Å²) in [5, 5.41) is 7.72. The van der Waals surface area contributed by atoms with Gasteiger partial charge in [-0.2, -0.15) is 0 Å². The molecule has 104 valence electrons. The summed E-state index contributed by atoms with van der Waals surface area (Å²) in [5.41, 5.74) is 0. The standard InChI is InChI=1S/C13H19N3O2S/c1-10(16-7-6-14-12(17)9-16)13(18)15-5-4-11-3-2-8-19-11/h2-3,8,10H,4-7,9H2,1H3,(H,14,17)(H,15,18)/t10-/m0/s1. The molecule has 2 amide bonds. The normalized spacial score (nSPS) is 17.8. The summed E-state index contributed by atoms with van der Waals surface area (Å²) < 4.78 is 0. The number of amides is 2. The summed E-state index contributed by atoms with van der Waals surface area (Å²) in [6.45, 7) is 4.14. The van der Waals surface area contributed by atoms with Crippen LogP contribution in [0.3, 0.4) is 0 Å². The van der Waals surface area contributed by atoms with Gasteiger partial charge in [-0.25, -0.2) is 0 Å². The van der Waals surface area contributed by atoms with Crippen molar-refractivity contribution in [2.24, 2.45) is 0 Å². The largest absolute Gasteiger partial charge is 0.354 e. The van der Waals surface area contributed by atoms with E-state index in [4.69, 9.17) is 0 Å². The van der Waals surface area contributed by atoms with Crippen molar-refractivity contribution in [2.75, 3.05) is 26.2 Å². The van der Waals surface area contributed by atoms with Gasteiger partial charge in [0.05, 0.1) is 12.6 Å². The zero-order chi connectivity index (χ0) is 13.7. The highest BCUT2D eigenvalue weighted by molar-refractivity contribution is 7.09. The average molecular weight is 281 g/mol. The first-order valence-electron chi connectivity index (χ1n) is 6.47. The molecule has 19 heavy (non-hydrogen) atoms. The molecule has 1 atom stereocenters. The summed E-state index contributed by atoms with van der Waals surface area (Å²) in [7, 11) is 0. The Hall–Kier alpha value is -1.40. The molecule has 2 rings (SSSR count). The molecular formula is C13H19N3O2S. The van der Waals surface area contributed by atoms with Gasteiger partial charge < -0.3 is 10.6 Å². The Balaban J connectivity index is 1.74. The van der Waals surface area contributed by atoms with Crippen molar-refractivity contribution < 1.29 is 9.59 Å². The third-order valence-corrected chi connectivity index (χ3v) is 4.18. The first kappa shape index (κ1) is 14.0. The lowest BCUT2D eigenvalue weighted by molar-refractivity contribution is -0.130. The summed E-state index contributed by atoms with van der Waals surface area (Å²) in [6, 6.07) is 3.82. The highest BCUT2D eigenvalue weighted by atomic mass is 32.1. The number of piperazine rings is 1. The van der Waals surface area contributed by atoms with Gasteiger partial charge in [0.25, 0.3) is 0 Å². The van der Waals surface area contributed by atoms with Crippen LogP contribution in [0.25, 0.3) is 0 Å². The van der Waals surface area contributed by atoms with Crippen molar-refractivity contribution in [3.63, 3.8) is 0 Å². The van der Waals surface area contributed by atoms with Crippen molar-refractivity contribution in [2.45, 2.75) is 19.4 Å². The summed E-state index contributed by atoms with van der Waals surface area (Å²) in [6.07, 6.45) is 0.858. The molecule has 0 unspecified atom stereocenters. The Morgan fingerprint density at radius 1 is 1.63 bits per heavy atom. The highest BCUT2D eigenvalue weighted by Gasteiger charge is 2.25. The topological polar surface area (TPSA) is 61.4 Å². The molecule has 0 bridgehead atoms. The number of rotatable bonds is 5. The smallest absolute Gasteiger partial charge is 0.237 e. The zero-order valence-electron chi connectivity index (χ0n) is 11.0. The fourth-order valence-electron chi connectivity index (χ4n) is 2.07. The Bertz CT molecular complexity index is 433. The monoisotopic (exact) mass is 281 g/mol. The van der Waals surface area contributed by atoms with Gasteiger partial charge in [0.2, 0.25) is 11.8 Å². The minimum atomic E-state index is -0.255. The van der Waals surface area contributed by atoms with E-state index in [1.54, 1.807) is 11.3 Å². The van der Waals surface area contributed by atoms with Gasteiger partial charge in [-0.05, 0) is 24.8 Å². The molecule has 1 fully saturated rings. The number of thiophene rings is 1. The van der Waals surface area contributed by atoms with Crippen molar-refractivity contribution in [3.05, 3.63) is 22.4 Å². The van der Waals surface area contributed by atoms with Crippen LogP contribution in [0.2, 0.25) is 0 Å². The predicted molar refractivity (Wildman–Crippen MR) is 75.1 cm³/mol. The maximum absolute atomic E-state index is 12.0. The molecule has 0 aliphatic carbocycles. The molecule has 0 aromatic carbocycles. The average Bonchev–Trinajstić information content (AvgIpc) is 2.91. The summed E-state index contributed by atoms with van der Waals surface area (Å²) in [4.78, 5) is 26.5. The van der Waals surface area contributed by atoms with Crippen LogP contribution in [-0.4, -0.2) is 48.9 Å². The molecule has 0 spiro atoms. The van der Waals surface area contributed by atoms with E-state index in [9.17, 15) is 9.59 Å². The fourth-order valence-corrected chi connectivity index (χ4v) is 2.78. The highest BCUT2D eigenvalue weighted by Crippen LogP contribution is 2.08. The van der Waals surface area contributed by atoms with E-state index >= 15 is 0 Å². The zero-order valence-corrected chi connectivity index (χ0v) is 11.8. The molecule has 2 heterocycles. The van der Waals surface area contributed by atoms with Gasteiger partial charge >= 0.3 is 0 Å². The molecule has 1 aliphatic heterocycles. The van der Waals surface area contributed by atoms with Crippen LogP contribution in [0.5, 0.6) is 0 Å². The Morgan fingerprint density at radius 3 is 3.16 bits per heavy atom. The van der Waals surface area contributed by atoms with Gasteiger partial charge in [-0.15, -0.1) is 11.3 Å². The van der Waals surface area contributed by atoms with E-state index in [1.807, 2.05) is 23.3 Å². The van der Waals surface area contributed by atoms with Crippen molar-refractivity contribution in [3.8, 4) is 0 Å². The van der Waals surface area contributed by atoms with Gasteiger partial charge in [0.15, 0.2) is 0 Å². The summed E-state index contributed by atoms with van der Waals surface area (Å²) in [5.74, 6) is -0.0178. The SMILES string of the molecule is C[C@@H](C(=O)NCCc1cccs1)N1CCNC(=O)C1. The van der Waals surface area contributed by atoms with Crippen LogP contribution < -0.4 is 10.6 Å². The number of carbonyl (C=O) groups is 2. The minimum absolute atomic E-state index is 0.00810. The molecule has 0 saturated carbocycles. The Kier molecular flexibility index (Phi) is 4.93. The van der Waals surface area contributed by atoms with Crippen molar-refractivity contribution in [1.29, 1.82) is 0 Å². The first-order valence-corrected chi connectivity index (χ1v) is 7.35. The molecular weight excluding hydrogens is 262 g/mol. The number of nitrogens with one attached hydrogen (secondary N) is 2. The third kappa shape index (κ3) is 4.04. The Labute approximate surface area is 117 Å². The first-order chi connectivity index (χ1) is 9.16. The summed E-state index contributed by atoms with van der Waals surface area (Å²) >= 11 is 1.70. The van der Waals surface area contributed by atoms with Crippen LogP contribution >= 0.6 is 11.3 Å². The third-order valence-electron chi connectivity index (χ3n) is 3.25. The second-order valence-corrected chi connectivity index (χ2v) is 5.65. The van der Waals surface area contributed by atoms with E-state index in [2.05, 4.69) is 16.7 Å². The number of carbonyl (C=O) groups excluding carboxylic acids is 2. The fraction of sp³-hybridized carbons (Fsp3) is 0.538. The van der Waals surface area contributed by atoms with E-state index in [0.717, 1.165) is 13.0 Å². The van der Waals surface area contributed by atoms with E-state index in [-0.39, 0.29) is 17.9 Å². The van der Waals surface area contributed by atoms with E-state index in [0.29, 0.717) is 19.6 Å². The lowest BCUT2D eigenvalue weighted by atomic mass is 10.2. The maximum Gasteiger partial charge on any atom is 0.237 e. The van der Waals surface area contributed by atoms with Gasteiger partial charge in [0.1, 0.15) is 0 Å². The number of hydrogen-bond acceptors (Lipinski definition) is 4. The van der Waals surface area contributed by atoms with E-state index in [1.165, 1.54) is 4.88 Å². The Morgan fingerprint density at radius 2 is 2.47 bits per heavy atom. The van der Waals surface area contributed by atoms with Crippen LogP contribution in [0.4, 0.5) is 0 Å². The molecule has 5 nitrogen and oxygen atoms in total. The van der Waals surface area contributed by atoms with Crippen LogP contribution in [0.1, 0.15) is 11.8 Å². The van der Waals surface area contributed by atoms with Crippen molar-refractivity contribution >= 4 is 23.2 Å². The number of hydrogen-bond donors (Lipinski definition) is 2. The lowest BCUT2D eigenvalue weighted by Crippen LogP contribution is -2.55. The van der Waals surface area contributed by atoms with Gasteiger partial charge in [-0.1, -0.05) is 6.07 Å². The number of nitrogens with zero attached hydrogens (tertiary/aromatic N) is 1. The second-order valence-electron chi connectivity index (χ2n) is 4.62. The molecule has 6 heteroatoms. The van der Waals surface area contributed by atoms with Crippen molar-refractivity contribution in [1.82, 2.24) is 15.5 Å². The second kappa shape index (κ2) is 6.68. The molecule has 1 aliphatic rings. The predicted octanol–water partition coefficient (Wildman–Crippen LogP) is 0.227. The molecule has 2 N–H and O–H groups in total. The lowest BCUT2D eigenvalue weighted by Gasteiger charge is -2.31. The van der Waals surface area contributed by atoms with Gasteiger partial charge in [0, 0.05) is 24.5 Å². The molecule has 0 radical (unpaired) electrons. The van der Waals surface area contributed by atoms with Crippen LogP contribution in [-0.2, 0) is 16.0 Å². The molecule has 1 saturated heterocycles. The van der Waals surface area contributed by atoms with Crippen LogP contribution in [0.15, 0.2) is 17.5 Å². The van der Waals surface area contributed by atoms with Crippen LogP contribution in [0, 0.1) is 0 Å². The molecule has 1 aromatic heterocycles. The quantitative estimate of drug-likeness (QED) is 0.812. The minimum Gasteiger partial charge on any atom is -0.354 e. The van der Waals surface area contributed by atoms with Gasteiger partial charge in [-0.3, -0.25) is 14.5 Å².